The maximum absolute atomic E-state index is 14.5. The van der Waals surface area contributed by atoms with E-state index in [1.165, 1.54) is 0 Å². The van der Waals surface area contributed by atoms with Crippen molar-refractivity contribution in [2.75, 3.05) is 39.9 Å². The molecule has 0 saturated carbocycles. The molecule has 2 aliphatic heterocycles. The highest BCUT2D eigenvalue weighted by atomic mass is 35.5. The van der Waals surface area contributed by atoms with Crippen molar-refractivity contribution in [3.63, 3.8) is 0 Å². The zero-order valence-corrected chi connectivity index (χ0v) is 25.2. The fraction of sp³-hybridized carbons (Fsp3) is 0.281. The number of benzene rings is 3. The summed E-state index contributed by atoms with van der Waals surface area (Å²) in [4.78, 5) is 27.6. The second kappa shape index (κ2) is 13.1. The summed E-state index contributed by atoms with van der Waals surface area (Å²) in [5.74, 6) is 1.75. The highest BCUT2D eigenvalue weighted by molar-refractivity contribution is 6.30. The second-order valence-electron chi connectivity index (χ2n) is 10.3. The van der Waals surface area contributed by atoms with Gasteiger partial charge in [0.1, 0.15) is 30.0 Å². The van der Waals surface area contributed by atoms with Gasteiger partial charge in [-0.25, -0.2) is 9.78 Å². The first-order chi connectivity index (χ1) is 21.0. The standard InChI is InChI=1S/C32H32Cl2N6O3/c1-42-26-10-11-27(28(20-26)43-19-18-38-15-12-36-21-38)31-37-29(22-2-6-24(33)7-3-22)30(23-4-8-25(34)9-5-23)40(31)32(41)39-16-13-35-14-17-39/h2-12,15,20-21,29-30,35H,13-14,16-19H2,1H3. The van der Waals surface area contributed by atoms with Crippen molar-refractivity contribution >= 4 is 35.1 Å². The van der Waals surface area contributed by atoms with Crippen LogP contribution in [0.5, 0.6) is 11.5 Å². The first kappa shape index (κ1) is 29.0. The molecular formula is C32H32Cl2N6O3. The molecule has 1 N–H and O–H groups in total. The van der Waals surface area contributed by atoms with E-state index >= 15 is 0 Å². The monoisotopic (exact) mass is 618 g/mol. The fourth-order valence-corrected chi connectivity index (χ4v) is 5.73. The van der Waals surface area contributed by atoms with Gasteiger partial charge in [-0.05, 0) is 47.5 Å². The summed E-state index contributed by atoms with van der Waals surface area (Å²) >= 11 is 12.6. The van der Waals surface area contributed by atoms with E-state index in [-0.39, 0.29) is 6.03 Å². The summed E-state index contributed by atoms with van der Waals surface area (Å²) in [6.45, 7) is 3.63. The Labute approximate surface area is 260 Å². The summed E-state index contributed by atoms with van der Waals surface area (Å²) in [7, 11) is 1.62. The van der Waals surface area contributed by atoms with E-state index in [1.807, 2.05) is 87.3 Å². The van der Waals surface area contributed by atoms with Gasteiger partial charge in [-0.15, -0.1) is 0 Å². The Hall–Kier alpha value is -4.05. The summed E-state index contributed by atoms with van der Waals surface area (Å²) in [5, 5.41) is 4.59. The lowest BCUT2D eigenvalue weighted by Crippen LogP contribution is -2.53. The van der Waals surface area contributed by atoms with Crippen molar-refractivity contribution in [2.24, 2.45) is 4.99 Å². The number of urea groups is 1. The normalized spacial score (nSPS) is 18.4. The molecule has 9 nitrogen and oxygen atoms in total. The average Bonchev–Trinajstić information content (AvgIpc) is 3.70. The zero-order chi connectivity index (χ0) is 29.8. The third-order valence-electron chi connectivity index (χ3n) is 7.68. The number of piperazine rings is 1. The molecular weight excluding hydrogens is 587 g/mol. The molecule has 43 heavy (non-hydrogen) atoms. The van der Waals surface area contributed by atoms with Gasteiger partial charge in [0.15, 0.2) is 0 Å². The van der Waals surface area contributed by atoms with Gasteiger partial charge >= 0.3 is 6.03 Å². The van der Waals surface area contributed by atoms with Gasteiger partial charge in [0.25, 0.3) is 0 Å². The van der Waals surface area contributed by atoms with Crippen LogP contribution in [-0.2, 0) is 6.54 Å². The number of ether oxygens (including phenoxy) is 2. The Morgan fingerprint density at radius 2 is 1.67 bits per heavy atom. The van der Waals surface area contributed by atoms with Crippen LogP contribution in [0.25, 0.3) is 0 Å². The maximum atomic E-state index is 14.5. The van der Waals surface area contributed by atoms with Crippen molar-refractivity contribution in [2.45, 2.75) is 18.6 Å². The van der Waals surface area contributed by atoms with Crippen molar-refractivity contribution in [1.82, 2.24) is 24.7 Å². The largest absolute Gasteiger partial charge is 0.497 e. The van der Waals surface area contributed by atoms with Crippen LogP contribution in [0.2, 0.25) is 10.0 Å². The van der Waals surface area contributed by atoms with Gasteiger partial charge in [0, 0.05) is 54.7 Å². The Balaban J connectivity index is 1.46. The molecule has 222 valence electrons. The number of rotatable bonds is 8. The maximum Gasteiger partial charge on any atom is 0.326 e. The van der Waals surface area contributed by atoms with Gasteiger partial charge in [0.2, 0.25) is 0 Å². The molecule has 2 amide bonds. The molecule has 2 unspecified atom stereocenters. The molecule has 0 aliphatic carbocycles. The predicted molar refractivity (Wildman–Crippen MR) is 167 cm³/mol. The SMILES string of the molecule is COc1ccc(C2=NC(c3ccc(Cl)cc3)C(c3ccc(Cl)cc3)N2C(=O)N2CCNCC2)c(OCCn2ccnc2)c1. The number of carbonyl (C=O) groups is 1. The highest BCUT2D eigenvalue weighted by Crippen LogP contribution is 2.45. The lowest BCUT2D eigenvalue weighted by Gasteiger charge is -2.36. The fourth-order valence-electron chi connectivity index (χ4n) is 5.48. The lowest BCUT2D eigenvalue weighted by molar-refractivity contribution is 0.157. The number of imidazole rings is 1. The number of amidine groups is 1. The minimum absolute atomic E-state index is 0.114. The number of nitrogens with zero attached hydrogens (tertiary/aromatic N) is 5. The van der Waals surface area contributed by atoms with E-state index in [2.05, 4.69) is 10.3 Å². The molecule has 2 aliphatic rings. The zero-order valence-electron chi connectivity index (χ0n) is 23.7. The van der Waals surface area contributed by atoms with Crippen molar-refractivity contribution in [3.05, 3.63) is 112 Å². The topological polar surface area (TPSA) is 84.2 Å². The van der Waals surface area contributed by atoms with Crippen molar-refractivity contribution in [1.29, 1.82) is 0 Å². The lowest BCUT2D eigenvalue weighted by atomic mass is 9.93. The molecule has 1 fully saturated rings. The smallest absolute Gasteiger partial charge is 0.326 e. The molecule has 3 heterocycles. The Morgan fingerprint density at radius 1 is 0.977 bits per heavy atom. The van der Waals surface area contributed by atoms with Crippen molar-refractivity contribution in [3.8, 4) is 11.5 Å². The Kier molecular flexibility index (Phi) is 8.83. The van der Waals surface area contributed by atoms with Crippen LogP contribution in [0, 0.1) is 0 Å². The molecule has 2 atom stereocenters. The molecule has 11 heteroatoms. The molecule has 0 radical (unpaired) electrons. The molecule has 4 aromatic rings. The van der Waals surface area contributed by atoms with Gasteiger partial charge in [0.05, 0.1) is 31.6 Å². The van der Waals surface area contributed by atoms with Crippen molar-refractivity contribution < 1.29 is 14.3 Å². The van der Waals surface area contributed by atoms with Crippen LogP contribution in [0.3, 0.4) is 0 Å². The highest BCUT2D eigenvalue weighted by Gasteiger charge is 2.44. The third-order valence-corrected chi connectivity index (χ3v) is 8.18. The van der Waals surface area contributed by atoms with Gasteiger partial charge in [-0.1, -0.05) is 47.5 Å². The minimum atomic E-state index is -0.434. The molecule has 0 spiro atoms. The van der Waals surface area contributed by atoms with Crippen LogP contribution < -0.4 is 14.8 Å². The number of carbonyl (C=O) groups excluding carboxylic acids is 1. The minimum Gasteiger partial charge on any atom is -0.497 e. The second-order valence-corrected chi connectivity index (χ2v) is 11.2. The predicted octanol–water partition coefficient (Wildman–Crippen LogP) is 5.85. The van der Waals surface area contributed by atoms with E-state index in [1.54, 1.807) is 19.6 Å². The van der Waals surface area contributed by atoms with E-state index in [9.17, 15) is 4.79 Å². The van der Waals surface area contributed by atoms with Crippen LogP contribution >= 0.6 is 23.2 Å². The number of hydrogen-bond acceptors (Lipinski definition) is 6. The number of aliphatic imine (C=N–C) groups is 1. The summed E-state index contributed by atoms with van der Waals surface area (Å²) in [6, 6.07) is 19.9. The van der Waals surface area contributed by atoms with Crippen LogP contribution in [0.15, 0.2) is 90.4 Å². The van der Waals surface area contributed by atoms with Gasteiger partial charge in [-0.3, -0.25) is 9.89 Å². The summed E-state index contributed by atoms with van der Waals surface area (Å²) in [5.41, 5.74) is 2.56. The number of aromatic nitrogens is 2. The summed E-state index contributed by atoms with van der Waals surface area (Å²) in [6.07, 6.45) is 5.37. The molecule has 0 bridgehead atoms. The molecule has 6 rings (SSSR count). The third kappa shape index (κ3) is 6.34. The number of hydrogen-bond donors (Lipinski definition) is 1. The van der Waals surface area contributed by atoms with Crippen LogP contribution in [-0.4, -0.2) is 71.1 Å². The Bertz CT molecular complexity index is 1570. The van der Waals surface area contributed by atoms with Gasteiger partial charge in [-0.2, -0.15) is 0 Å². The number of amides is 2. The average molecular weight is 620 g/mol. The molecule has 3 aromatic carbocycles. The van der Waals surface area contributed by atoms with E-state index < -0.39 is 12.1 Å². The molecule has 1 aromatic heterocycles. The van der Waals surface area contributed by atoms with Crippen LogP contribution in [0.1, 0.15) is 28.8 Å². The number of halogens is 2. The number of methoxy groups -OCH3 is 1. The Morgan fingerprint density at radius 3 is 2.33 bits per heavy atom. The molecule has 1 saturated heterocycles. The first-order valence-corrected chi connectivity index (χ1v) is 14.9. The quantitative estimate of drug-likeness (QED) is 0.268. The van der Waals surface area contributed by atoms with Gasteiger partial charge < -0.3 is 24.3 Å². The number of nitrogens with one attached hydrogen (secondary N) is 1. The van der Waals surface area contributed by atoms with Crippen LogP contribution in [0.4, 0.5) is 4.79 Å². The van der Waals surface area contributed by atoms with E-state index in [4.69, 9.17) is 37.7 Å². The summed E-state index contributed by atoms with van der Waals surface area (Å²) < 4.78 is 13.8. The first-order valence-electron chi connectivity index (χ1n) is 14.2. The van der Waals surface area contributed by atoms with E-state index in [0.29, 0.717) is 59.2 Å². The van der Waals surface area contributed by atoms with E-state index in [0.717, 1.165) is 24.2 Å².